The highest BCUT2D eigenvalue weighted by atomic mass is 35.5. The third-order valence-electron chi connectivity index (χ3n) is 2.40. The van der Waals surface area contributed by atoms with Crippen molar-refractivity contribution in [3.8, 4) is 5.75 Å². The van der Waals surface area contributed by atoms with E-state index in [0.29, 0.717) is 5.75 Å². The highest BCUT2D eigenvalue weighted by molar-refractivity contribution is 6.28. The largest absolute Gasteiger partial charge is 0.492 e. The van der Waals surface area contributed by atoms with E-state index in [1.807, 2.05) is 18.2 Å². The number of carboxylic acids is 1. The minimum Gasteiger partial charge on any atom is -0.492 e. The van der Waals surface area contributed by atoms with Gasteiger partial charge in [0.2, 0.25) is 0 Å². The number of hydrogen-bond acceptors (Lipinski definition) is 3. The van der Waals surface area contributed by atoms with Crippen molar-refractivity contribution in [1.82, 2.24) is 0 Å². The van der Waals surface area contributed by atoms with Gasteiger partial charge in [-0.05, 0) is 35.9 Å². The first kappa shape index (κ1) is 12.5. The number of halogens is 1. The summed E-state index contributed by atoms with van der Waals surface area (Å²) < 4.78 is 10.5. The van der Waals surface area contributed by atoms with Crippen molar-refractivity contribution < 1.29 is 19.1 Å². The highest BCUT2D eigenvalue weighted by Gasteiger charge is 2.24. The highest BCUT2D eigenvalue weighted by Crippen LogP contribution is 2.23. The molecule has 0 radical (unpaired) electrons. The van der Waals surface area contributed by atoms with Gasteiger partial charge in [-0.3, -0.25) is 4.79 Å². The molecule has 4 nitrogen and oxygen atoms in total. The first-order chi connectivity index (χ1) is 8.66. The van der Waals surface area contributed by atoms with Crippen LogP contribution in [-0.2, 0) is 4.79 Å². The van der Waals surface area contributed by atoms with Gasteiger partial charge in [0.1, 0.15) is 24.0 Å². The number of benzene rings is 1. The molecule has 1 heterocycles. The van der Waals surface area contributed by atoms with Crippen LogP contribution in [0, 0.1) is 0 Å². The van der Waals surface area contributed by atoms with Crippen LogP contribution in [0.1, 0.15) is 11.7 Å². The summed E-state index contributed by atoms with van der Waals surface area (Å²) in [4.78, 5) is 11.1. The molecule has 0 amide bonds. The SMILES string of the molecule is O=C(O)C(COc1ccccc1)c1ccc(Cl)o1. The Bertz CT molecular complexity index is 521. The van der Waals surface area contributed by atoms with Gasteiger partial charge < -0.3 is 14.3 Å². The quantitative estimate of drug-likeness (QED) is 0.903. The molecule has 0 spiro atoms. The normalized spacial score (nSPS) is 12.1. The van der Waals surface area contributed by atoms with Gasteiger partial charge in [0.05, 0.1) is 0 Å². The zero-order valence-corrected chi connectivity index (χ0v) is 10.1. The van der Waals surface area contributed by atoms with E-state index in [-0.39, 0.29) is 17.6 Å². The van der Waals surface area contributed by atoms with Crippen molar-refractivity contribution in [1.29, 1.82) is 0 Å². The molecule has 0 aliphatic heterocycles. The predicted octanol–water partition coefficient (Wildman–Crippen LogP) is 3.18. The Morgan fingerprint density at radius 1 is 1.28 bits per heavy atom. The van der Waals surface area contributed by atoms with Crippen molar-refractivity contribution in [2.75, 3.05) is 6.61 Å². The molecule has 0 saturated carbocycles. The summed E-state index contributed by atoms with van der Waals surface area (Å²) in [5.41, 5.74) is 0. The topological polar surface area (TPSA) is 59.7 Å². The van der Waals surface area contributed by atoms with Crippen LogP contribution < -0.4 is 4.74 Å². The molecule has 1 N–H and O–H groups in total. The summed E-state index contributed by atoms with van der Waals surface area (Å²) in [5.74, 6) is -1.00. The molecule has 1 unspecified atom stereocenters. The van der Waals surface area contributed by atoms with E-state index in [1.54, 1.807) is 12.1 Å². The molecule has 2 rings (SSSR count). The Morgan fingerprint density at radius 2 is 2.00 bits per heavy atom. The van der Waals surface area contributed by atoms with E-state index in [1.165, 1.54) is 12.1 Å². The van der Waals surface area contributed by atoms with Gasteiger partial charge in [0.25, 0.3) is 0 Å². The fourth-order valence-corrected chi connectivity index (χ4v) is 1.64. The molecule has 0 fully saturated rings. The fourth-order valence-electron chi connectivity index (χ4n) is 1.49. The van der Waals surface area contributed by atoms with E-state index in [0.717, 1.165) is 0 Å². The first-order valence-corrected chi connectivity index (χ1v) is 5.70. The molecule has 5 heteroatoms. The van der Waals surface area contributed by atoms with Gasteiger partial charge >= 0.3 is 5.97 Å². The number of aliphatic carboxylic acids is 1. The molecular formula is C13H11ClO4. The van der Waals surface area contributed by atoms with E-state index in [2.05, 4.69) is 0 Å². The lowest BCUT2D eigenvalue weighted by molar-refractivity contribution is -0.140. The van der Waals surface area contributed by atoms with E-state index >= 15 is 0 Å². The van der Waals surface area contributed by atoms with Gasteiger partial charge in [-0.2, -0.15) is 0 Å². The second-order valence-corrected chi connectivity index (χ2v) is 4.03. The molecule has 1 aromatic carbocycles. The van der Waals surface area contributed by atoms with Crippen molar-refractivity contribution in [3.63, 3.8) is 0 Å². The number of hydrogen-bond donors (Lipinski definition) is 1. The molecule has 18 heavy (non-hydrogen) atoms. The summed E-state index contributed by atoms with van der Waals surface area (Å²) in [7, 11) is 0. The smallest absolute Gasteiger partial charge is 0.317 e. The lowest BCUT2D eigenvalue weighted by atomic mass is 10.1. The van der Waals surface area contributed by atoms with E-state index in [9.17, 15) is 4.79 Å². The third-order valence-corrected chi connectivity index (χ3v) is 2.60. The molecule has 94 valence electrons. The fraction of sp³-hybridized carbons (Fsp3) is 0.154. The van der Waals surface area contributed by atoms with Gasteiger partial charge in [-0.15, -0.1) is 0 Å². The number of carboxylic acid groups (broad SMARTS) is 1. The number of rotatable bonds is 5. The van der Waals surface area contributed by atoms with Crippen LogP contribution in [0.15, 0.2) is 46.9 Å². The molecule has 0 saturated heterocycles. The maximum Gasteiger partial charge on any atom is 0.317 e. The standard InChI is InChI=1S/C13H11ClO4/c14-12-7-6-11(18-12)10(13(15)16)8-17-9-4-2-1-3-5-9/h1-7,10H,8H2,(H,15,16). The number of furan rings is 1. The Kier molecular flexibility index (Phi) is 3.89. The van der Waals surface area contributed by atoms with Crippen LogP contribution in [0.4, 0.5) is 0 Å². The molecular weight excluding hydrogens is 256 g/mol. The lowest BCUT2D eigenvalue weighted by Gasteiger charge is -2.11. The molecule has 0 bridgehead atoms. The average molecular weight is 267 g/mol. The summed E-state index contributed by atoms with van der Waals surface area (Å²) in [6, 6.07) is 12.0. The number of para-hydroxylation sites is 1. The Balaban J connectivity index is 2.06. The van der Waals surface area contributed by atoms with Crippen LogP contribution in [0.5, 0.6) is 5.75 Å². The zero-order chi connectivity index (χ0) is 13.0. The molecule has 2 aromatic rings. The monoisotopic (exact) mass is 266 g/mol. The Hall–Kier alpha value is -1.94. The minimum atomic E-state index is -1.02. The van der Waals surface area contributed by atoms with Crippen molar-refractivity contribution in [2.24, 2.45) is 0 Å². The van der Waals surface area contributed by atoms with Crippen LogP contribution in [0.3, 0.4) is 0 Å². The molecule has 0 aliphatic rings. The first-order valence-electron chi connectivity index (χ1n) is 5.32. The van der Waals surface area contributed by atoms with Gasteiger partial charge in [0.15, 0.2) is 5.22 Å². The molecule has 1 aromatic heterocycles. The van der Waals surface area contributed by atoms with Crippen LogP contribution in [0.25, 0.3) is 0 Å². The van der Waals surface area contributed by atoms with Gasteiger partial charge in [0, 0.05) is 0 Å². The predicted molar refractivity (Wildman–Crippen MR) is 66.0 cm³/mol. The minimum absolute atomic E-state index is 0.0107. The lowest BCUT2D eigenvalue weighted by Crippen LogP contribution is -2.18. The summed E-state index contributed by atoms with van der Waals surface area (Å²) in [5, 5.41) is 9.29. The van der Waals surface area contributed by atoms with Crippen molar-refractivity contribution in [2.45, 2.75) is 5.92 Å². The van der Waals surface area contributed by atoms with Crippen LogP contribution in [-0.4, -0.2) is 17.7 Å². The van der Waals surface area contributed by atoms with Crippen molar-refractivity contribution in [3.05, 3.63) is 53.4 Å². The Labute approximate surface area is 109 Å². The number of ether oxygens (including phenoxy) is 1. The summed E-state index contributed by atoms with van der Waals surface area (Å²) in [6.45, 7) is -0.0107. The van der Waals surface area contributed by atoms with E-state index < -0.39 is 11.9 Å². The van der Waals surface area contributed by atoms with Crippen LogP contribution in [0.2, 0.25) is 5.22 Å². The summed E-state index contributed by atoms with van der Waals surface area (Å²) in [6.07, 6.45) is 0. The zero-order valence-electron chi connectivity index (χ0n) is 9.38. The number of carbonyl (C=O) groups is 1. The van der Waals surface area contributed by atoms with Crippen molar-refractivity contribution >= 4 is 17.6 Å². The maximum absolute atomic E-state index is 11.1. The average Bonchev–Trinajstić information content (AvgIpc) is 2.77. The van der Waals surface area contributed by atoms with E-state index in [4.69, 9.17) is 25.9 Å². The van der Waals surface area contributed by atoms with Gasteiger partial charge in [-0.1, -0.05) is 18.2 Å². The Morgan fingerprint density at radius 3 is 2.56 bits per heavy atom. The third kappa shape index (κ3) is 3.05. The second kappa shape index (κ2) is 5.60. The molecule has 1 atom stereocenters. The maximum atomic E-state index is 11.1. The van der Waals surface area contributed by atoms with Crippen LogP contribution >= 0.6 is 11.6 Å². The second-order valence-electron chi connectivity index (χ2n) is 3.66. The molecule has 0 aliphatic carbocycles. The van der Waals surface area contributed by atoms with Gasteiger partial charge in [-0.25, -0.2) is 0 Å². The summed E-state index contributed by atoms with van der Waals surface area (Å²) >= 11 is 5.63.